The van der Waals surface area contributed by atoms with Gasteiger partial charge in [-0.25, -0.2) is 4.98 Å². The van der Waals surface area contributed by atoms with Gasteiger partial charge in [-0.05, 0) is 48.0 Å². The third-order valence-electron chi connectivity index (χ3n) is 5.79. The molecule has 17 heteroatoms. The molecule has 0 radical (unpaired) electrons. The smallest absolute Gasteiger partial charge is 0.416 e. The summed E-state index contributed by atoms with van der Waals surface area (Å²) in [5.41, 5.74) is -1.72. The number of aliphatic hydroxyl groups excluding tert-OH is 3. The Morgan fingerprint density at radius 2 is 1.49 bits per heavy atom. The zero-order valence-corrected chi connectivity index (χ0v) is 21.5. The summed E-state index contributed by atoms with van der Waals surface area (Å²) in [5, 5.41) is 46.2. The quantitative estimate of drug-likeness (QED) is 0.0306. The fourth-order valence-corrected chi connectivity index (χ4v) is 3.73. The molecule has 0 aliphatic heterocycles. The monoisotopic (exact) mass is 610 g/mol. The standard InChI is InChI=1S/C26H20F6N6O5/c27-25(28,29)15-8-16(26(30,31)32)10-18(9-15)42-3-4-43-19-2-1-12(11-35-19)13-5-14(24(33)37-38-34)7-17(6-13)36-20-21(39)23(41)22(20)40/h1-2,5-11,36,39-41H,3-4H2,(H3,33,34,37). The molecular formula is C26H20F6N6O5. The lowest BCUT2D eigenvalue weighted by atomic mass is 10.0. The van der Waals surface area contributed by atoms with E-state index in [0.717, 1.165) is 0 Å². The molecule has 0 atom stereocenters. The molecule has 2 aromatic carbocycles. The maximum absolute atomic E-state index is 13.0. The highest BCUT2D eigenvalue weighted by Crippen LogP contribution is 2.38. The Bertz CT molecular complexity index is 1600. The second-order valence-corrected chi connectivity index (χ2v) is 8.73. The number of aromatic nitrogens is 1. The van der Waals surface area contributed by atoms with Crippen LogP contribution in [0.25, 0.3) is 11.1 Å². The van der Waals surface area contributed by atoms with Gasteiger partial charge in [0.15, 0.2) is 17.4 Å². The van der Waals surface area contributed by atoms with E-state index in [1.807, 2.05) is 0 Å². The molecule has 43 heavy (non-hydrogen) atoms. The van der Waals surface area contributed by atoms with Crippen LogP contribution in [-0.2, 0) is 12.4 Å². The Morgan fingerprint density at radius 3 is 2.05 bits per heavy atom. The molecule has 4 rings (SSSR count). The second kappa shape index (κ2) is 11.8. The minimum atomic E-state index is -5.01. The summed E-state index contributed by atoms with van der Waals surface area (Å²) in [6.45, 7) is -0.659. The molecule has 1 aromatic heterocycles. The zero-order valence-electron chi connectivity index (χ0n) is 21.5. The van der Waals surface area contributed by atoms with Crippen LogP contribution in [0.15, 0.2) is 88.0 Å². The number of ether oxygens (including phenoxy) is 2. The fourth-order valence-electron chi connectivity index (χ4n) is 3.73. The van der Waals surface area contributed by atoms with Gasteiger partial charge >= 0.3 is 12.4 Å². The van der Waals surface area contributed by atoms with Crippen LogP contribution < -0.4 is 20.6 Å². The van der Waals surface area contributed by atoms with Gasteiger partial charge < -0.3 is 36.0 Å². The normalized spacial score (nSPS) is 13.7. The Balaban J connectivity index is 1.45. The van der Waals surface area contributed by atoms with E-state index in [0.29, 0.717) is 23.3 Å². The van der Waals surface area contributed by atoms with Gasteiger partial charge in [-0.3, -0.25) is 5.41 Å². The molecule has 0 unspecified atom stereocenters. The van der Waals surface area contributed by atoms with Crippen LogP contribution in [0, 0.1) is 5.41 Å². The van der Waals surface area contributed by atoms with Gasteiger partial charge in [0.2, 0.25) is 11.6 Å². The molecular weight excluding hydrogens is 590 g/mol. The summed E-state index contributed by atoms with van der Waals surface area (Å²) < 4.78 is 88.6. The number of rotatable bonds is 9. The number of anilines is 1. The number of hydrogen-bond donors (Lipinski definition) is 6. The number of nitrogens with zero attached hydrogens (tertiary/aromatic N) is 3. The first kappa shape index (κ1) is 30.5. The van der Waals surface area contributed by atoms with E-state index >= 15 is 0 Å². The average molecular weight is 610 g/mol. The number of aliphatic hydroxyl groups is 3. The van der Waals surface area contributed by atoms with E-state index in [-0.39, 0.29) is 41.3 Å². The first-order valence-electron chi connectivity index (χ1n) is 11.9. The molecule has 0 amide bonds. The lowest BCUT2D eigenvalue weighted by molar-refractivity contribution is -0.143. The molecule has 1 heterocycles. The fraction of sp³-hybridized carbons (Fsp3) is 0.154. The summed E-state index contributed by atoms with van der Waals surface area (Å²) in [7, 11) is 0. The number of nitrogens with two attached hydrogens (primary N) is 1. The van der Waals surface area contributed by atoms with E-state index in [4.69, 9.17) is 20.7 Å². The van der Waals surface area contributed by atoms with Gasteiger partial charge in [0, 0.05) is 29.1 Å². The molecule has 1 aliphatic carbocycles. The number of pyridine rings is 1. The lowest BCUT2D eigenvalue weighted by Crippen LogP contribution is -2.18. The van der Waals surface area contributed by atoms with Gasteiger partial charge in [0.1, 0.15) is 24.7 Å². The number of benzene rings is 2. The van der Waals surface area contributed by atoms with Crippen molar-refractivity contribution < 1.29 is 51.1 Å². The maximum Gasteiger partial charge on any atom is 0.416 e. The van der Waals surface area contributed by atoms with Crippen molar-refractivity contribution in [2.24, 2.45) is 16.2 Å². The van der Waals surface area contributed by atoms with Crippen molar-refractivity contribution in [2.75, 3.05) is 18.5 Å². The van der Waals surface area contributed by atoms with Gasteiger partial charge in [-0.1, -0.05) is 5.22 Å². The Kier molecular flexibility index (Phi) is 8.36. The predicted molar refractivity (Wildman–Crippen MR) is 139 cm³/mol. The summed E-state index contributed by atoms with van der Waals surface area (Å²) in [6.07, 6.45) is -8.64. The molecule has 7 N–H and O–H groups in total. The molecule has 3 aromatic rings. The number of amidine groups is 1. The van der Waals surface area contributed by atoms with Crippen molar-refractivity contribution in [3.63, 3.8) is 0 Å². The number of hydrogen-bond acceptors (Lipinski definition) is 9. The van der Waals surface area contributed by atoms with Gasteiger partial charge in [0.25, 0.3) is 0 Å². The van der Waals surface area contributed by atoms with E-state index in [1.165, 1.54) is 18.3 Å². The molecule has 0 bridgehead atoms. The number of alkyl halides is 6. The molecule has 1 aliphatic rings. The van der Waals surface area contributed by atoms with Crippen LogP contribution in [-0.4, -0.2) is 39.4 Å². The van der Waals surface area contributed by atoms with Crippen molar-refractivity contribution in [3.8, 4) is 22.8 Å². The topological polar surface area (TPSA) is 179 Å². The van der Waals surface area contributed by atoms with Crippen LogP contribution in [0.1, 0.15) is 16.7 Å². The number of halogens is 6. The third-order valence-corrected chi connectivity index (χ3v) is 5.79. The summed E-state index contributed by atoms with van der Waals surface area (Å²) in [4.78, 5) is 4.11. The van der Waals surface area contributed by atoms with Crippen LogP contribution in [0.4, 0.5) is 32.0 Å². The Hall–Kier alpha value is -5.48. The molecule has 0 spiro atoms. The average Bonchev–Trinajstić information content (AvgIpc) is 2.96. The van der Waals surface area contributed by atoms with Gasteiger partial charge in [0.05, 0.1) is 11.1 Å². The van der Waals surface area contributed by atoms with Crippen molar-refractivity contribution in [2.45, 2.75) is 12.4 Å². The highest BCUT2D eigenvalue weighted by atomic mass is 19.4. The van der Waals surface area contributed by atoms with Crippen molar-refractivity contribution >= 4 is 11.5 Å². The summed E-state index contributed by atoms with van der Waals surface area (Å²) in [5.74, 6) is 2.31. The second-order valence-electron chi connectivity index (χ2n) is 8.73. The number of nitrogens with one attached hydrogen (secondary N) is 2. The van der Waals surface area contributed by atoms with E-state index in [1.54, 1.807) is 18.2 Å². The molecule has 226 valence electrons. The highest BCUT2D eigenvalue weighted by molar-refractivity contribution is 5.99. The summed E-state index contributed by atoms with van der Waals surface area (Å²) in [6, 6.07) is 8.44. The minimum Gasteiger partial charge on any atom is -0.503 e. The van der Waals surface area contributed by atoms with Gasteiger partial charge in [-0.2, -0.15) is 26.3 Å². The highest BCUT2D eigenvalue weighted by Gasteiger charge is 2.37. The van der Waals surface area contributed by atoms with Crippen molar-refractivity contribution in [1.29, 1.82) is 5.41 Å². The Labute approximate surface area is 237 Å². The van der Waals surface area contributed by atoms with E-state index < -0.39 is 53.1 Å². The zero-order chi connectivity index (χ0) is 31.5. The third kappa shape index (κ3) is 7.06. The van der Waals surface area contributed by atoms with Crippen LogP contribution >= 0.6 is 0 Å². The minimum absolute atomic E-state index is 0.00496. The first-order valence-corrected chi connectivity index (χ1v) is 11.9. The molecule has 11 nitrogen and oxygen atoms in total. The Morgan fingerprint density at radius 1 is 0.837 bits per heavy atom. The van der Waals surface area contributed by atoms with Crippen LogP contribution in [0.3, 0.4) is 0 Å². The maximum atomic E-state index is 13.0. The van der Waals surface area contributed by atoms with Crippen molar-refractivity contribution in [1.82, 2.24) is 4.98 Å². The predicted octanol–water partition coefficient (Wildman–Crippen LogP) is 6.42. The molecule has 0 saturated carbocycles. The van der Waals surface area contributed by atoms with Crippen LogP contribution in [0.5, 0.6) is 11.6 Å². The SMILES string of the molecule is N=C(N=NN)c1cc(NC2=C(O)C(O)=C2O)cc(-c2ccc(OCCOc3cc(C(F)(F)F)cc(C(F)(F)F)c3)nc2)c1. The van der Waals surface area contributed by atoms with Crippen LogP contribution in [0.2, 0.25) is 0 Å². The molecule has 0 fully saturated rings. The lowest BCUT2D eigenvalue weighted by Gasteiger charge is -2.21. The van der Waals surface area contributed by atoms with E-state index in [9.17, 15) is 41.7 Å². The van der Waals surface area contributed by atoms with E-state index in [2.05, 4.69) is 20.6 Å². The van der Waals surface area contributed by atoms with Crippen molar-refractivity contribution in [3.05, 3.63) is 94.4 Å². The summed E-state index contributed by atoms with van der Waals surface area (Å²) >= 11 is 0. The first-order chi connectivity index (χ1) is 20.2. The molecule has 0 saturated heterocycles. The largest absolute Gasteiger partial charge is 0.503 e. The van der Waals surface area contributed by atoms with Gasteiger partial charge in [-0.15, -0.1) is 5.11 Å².